The number of halogens is 2. The fourth-order valence-corrected chi connectivity index (χ4v) is 2.70. The summed E-state index contributed by atoms with van der Waals surface area (Å²) >= 11 is 0. The molecule has 0 saturated heterocycles. The molecule has 0 aliphatic heterocycles. The number of carbonyl (C=O) groups excluding carboxylic acids is 1. The maximum atomic E-state index is 12.7. The number of anilines is 1. The van der Waals surface area contributed by atoms with Crippen molar-refractivity contribution in [2.24, 2.45) is 10.9 Å². The molecule has 0 aliphatic rings. The summed E-state index contributed by atoms with van der Waals surface area (Å²) in [4.78, 5) is 16.3. The molecule has 0 saturated carbocycles. The van der Waals surface area contributed by atoms with Gasteiger partial charge in [-0.05, 0) is 42.8 Å². The molecule has 2 aromatic rings. The van der Waals surface area contributed by atoms with Crippen molar-refractivity contribution in [1.29, 1.82) is 0 Å². The highest BCUT2D eigenvalue weighted by atomic mass is 19.3. The normalized spacial score (nSPS) is 11.4. The van der Waals surface area contributed by atoms with E-state index in [1.165, 1.54) is 13.2 Å². The number of hydrogen-bond donors (Lipinski definition) is 3. The Kier molecular flexibility index (Phi) is 9.72. The van der Waals surface area contributed by atoms with Crippen LogP contribution in [0.15, 0.2) is 47.5 Å². The Morgan fingerprint density at radius 3 is 2.41 bits per heavy atom. The fraction of sp³-hybridized carbons (Fsp3) is 0.391. The van der Waals surface area contributed by atoms with Gasteiger partial charge in [-0.3, -0.25) is 4.79 Å². The molecule has 0 spiro atoms. The largest absolute Gasteiger partial charge is 0.497 e. The molecule has 0 aromatic heterocycles. The van der Waals surface area contributed by atoms with Crippen LogP contribution in [0.3, 0.4) is 0 Å². The van der Waals surface area contributed by atoms with E-state index < -0.39 is 6.61 Å². The molecule has 2 aromatic carbocycles. The molecular weight excluding hydrogens is 418 g/mol. The third-order valence-electron chi connectivity index (χ3n) is 4.44. The summed E-state index contributed by atoms with van der Waals surface area (Å²) in [5, 5.41) is 9.09. The summed E-state index contributed by atoms with van der Waals surface area (Å²) < 4.78 is 35.2. The number of hydrogen-bond acceptors (Lipinski definition) is 4. The van der Waals surface area contributed by atoms with Gasteiger partial charge in [-0.15, -0.1) is 0 Å². The van der Waals surface area contributed by atoms with Crippen LogP contribution < -0.4 is 25.4 Å². The van der Waals surface area contributed by atoms with Gasteiger partial charge in [0.05, 0.1) is 13.7 Å². The summed E-state index contributed by atoms with van der Waals surface area (Å²) in [5.74, 6) is 1.00. The average molecular weight is 449 g/mol. The molecule has 174 valence electrons. The molecule has 0 atom stereocenters. The SMILES string of the molecule is CCNC(=NCc1ccc(NC(=O)C(C)C)cc1)NCc1cc(OC)ccc1OC(F)F. The topological polar surface area (TPSA) is 84.0 Å². The van der Waals surface area contributed by atoms with Crippen LogP contribution in [-0.2, 0) is 17.9 Å². The number of alkyl halides is 2. The molecule has 9 heteroatoms. The highest BCUT2D eigenvalue weighted by molar-refractivity contribution is 5.92. The van der Waals surface area contributed by atoms with Crippen molar-refractivity contribution in [3.05, 3.63) is 53.6 Å². The lowest BCUT2D eigenvalue weighted by atomic mass is 10.1. The van der Waals surface area contributed by atoms with Gasteiger partial charge in [0.2, 0.25) is 5.91 Å². The Balaban J connectivity index is 2.05. The van der Waals surface area contributed by atoms with Gasteiger partial charge in [0.15, 0.2) is 5.96 Å². The minimum Gasteiger partial charge on any atom is -0.497 e. The Labute approximate surface area is 187 Å². The lowest BCUT2D eigenvalue weighted by molar-refractivity contribution is -0.118. The molecule has 0 aliphatic carbocycles. The molecule has 2 rings (SSSR count). The molecule has 0 fully saturated rings. The second-order valence-corrected chi connectivity index (χ2v) is 7.24. The predicted molar refractivity (Wildman–Crippen MR) is 121 cm³/mol. The molecule has 0 unspecified atom stereocenters. The maximum Gasteiger partial charge on any atom is 0.387 e. The van der Waals surface area contributed by atoms with E-state index >= 15 is 0 Å². The first-order valence-electron chi connectivity index (χ1n) is 10.4. The van der Waals surface area contributed by atoms with Crippen molar-refractivity contribution in [3.8, 4) is 11.5 Å². The third-order valence-corrected chi connectivity index (χ3v) is 4.44. The monoisotopic (exact) mass is 448 g/mol. The standard InChI is InChI=1S/C23H30F2N4O3/c1-5-26-23(27-13-16-6-8-18(9-7-16)29-21(30)15(2)3)28-14-17-12-19(31-4)10-11-20(17)32-22(24)25/h6-12,15,22H,5,13-14H2,1-4H3,(H,29,30)(H2,26,27,28). The quantitative estimate of drug-likeness (QED) is 0.376. The van der Waals surface area contributed by atoms with E-state index in [1.807, 2.05) is 45.0 Å². The molecule has 7 nitrogen and oxygen atoms in total. The molecule has 32 heavy (non-hydrogen) atoms. The Morgan fingerprint density at radius 2 is 1.81 bits per heavy atom. The fourth-order valence-electron chi connectivity index (χ4n) is 2.70. The summed E-state index contributed by atoms with van der Waals surface area (Å²) in [6, 6.07) is 12.1. The van der Waals surface area contributed by atoms with Crippen LogP contribution in [0, 0.1) is 5.92 Å². The molecule has 3 N–H and O–H groups in total. The van der Waals surface area contributed by atoms with Crippen LogP contribution in [0.2, 0.25) is 0 Å². The number of benzene rings is 2. The van der Waals surface area contributed by atoms with Gasteiger partial charge < -0.3 is 25.4 Å². The highest BCUT2D eigenvalue weighted by Gasteiger charge is 2.12. The zero-order valence-corrected chi connectivity index (χ0v) is 18.7. The highest BCUT2D eigenvalue weighted by Crippen LogP contribution is 2.25. The Hall–Kier alpha value is -3.36. The van der Waals surface area contributed by atoms with E-state index in [1.54, 1.807) is 12.1 Å². The Morgan fingerprint density at radius 1 is 1.09 bits per heavy atom. The van der Waals surface area contributed by atoms with Crippen LogP contribution >= 0.6 is 0 Å². The van der Waals surface area contributed by atoms with Gasteiger partial charge in [-0.2, -0.15) is 8.78 Å². The predicted octanol–water partition coefficient (Wildman–Crippen LogP) is 4.15. The van der Waals surface area contributed by atoms with Gasteiger partial charge in [0, 0.05) is 30.3 Å². The number of nitrogens with one attached hydrogen (secondary N) is 3. The van der Waals surface area contributed by atoms with Crippen LogP contribution in [0.1, 0.15) is 31.9 Å². The number of amides is 1. The van der Waals surface area contributed by atoms with Gasteiger partial charge in [-0.25, -0.2) is 4.99 Å². The number of carbonyl (C=O) groups is 1. The zero-order chi connectivity index (χ0) is 23.5. The van der Waals surface area contributed by atoms with Gasteiger partial charge in [0.1, 0.15) is 11.5 Å². The summed E-state index contributed by atoms with van der Waals surface area (Å²) in [6.45, 7) is 3.92. The Bertz CT molecular complexity index is 903. The number of rotatable bonds is 10. The average Bonchev–Trinajstić information content (AvgIpc) is 2.77. The zero-order valence-electron chi connectivity index (χ0n) is 18.7. The van der Waals surface area contributed by atoms with Crippen molar-refractivity contribution < 1.29 is 23.0 Å². The van der Waals surface area contributed by atoms with Crippen molar-refractivity contribution in [1.82, 2.24) is 10.6 Å². The van der Waals surface area contributed by atoms with E-state index in [2.05, 4.69) is 25.7 Å². The second kappa shape index (κ2) is 12.5. The van der Waals surface area contributed by atoms with Gasteiger partial charge in [0.25, 0.3) is 0 Å². The van der Waals surface area contributed by atoms with E-state index in [-0.39, 0.29) is 24.1 Å². The van der Waals surface area contributed by atoms with E-state index in [0.29, 0.717) is 30.4 Å². The molecule has 1 amide bonds. The van der Waals surface area contributed by atoms with Crippen molar-refractivity contribution >= 4 is 17.6 Å². The number of aliphatic imine (C=N–C) groups is 1. The smallest absolute Gasteiger partial charge is 0.387 e. The minimum absolute atomic E-state index is 0.0397. The van der Waals surface area contributed by atoms with E-state index in [9.17, 15) is 13.6 Å². The van der Waals surface area contributed by atoms with Crippen molar-refractivity contribution in [2.75, 3.05) is 19.0 Å². The van der Waals surface area contributed by atoms with Crippen LogP contribution in [-0.4, -0.2) is 32.1 Å². The number of nitrogens with zero attached hydrogens (tertiary/aromatic N) is 1. The summed E-state index contributed by atoms with van der Waals surface area (Å²) in [7, 11) is 1.51. The molecule has 0 radical (unpaired) electrons. The summed E-state index contributed by atoms with van der Waals surface area (Å²) in [5.41, 5.74) is 2.19. The minimum atomic E-state index is -2.92. The van der Waals surface area contributed by atoms with Crippen molar-refractivity contribution in [2.45, 2.75) is 40.5 Å². The maximum absolute atomic E-state index is 12.7. The van der Waals surface area contributed by atoms with Gasteiger partial charge >= 0.3 is 6.61 Å². The van der Waals surface area contributed by atoms with Crippen LogP contribution in [0.5, 0.6) is 11.5 Å². The van der Waals surface area contributed by atoms with Gasteiger partial charge in [-0.1, -0.05) is 26.0 Å². The molecule has 0 bridgehead atoms. The number of guanidine groups is 1. The van der Waals surface area contributed by atoms with E-state index in [4.69, 9.17) is 4.74 Å². The first kappa shape index (κ1) is 24.9. The van der Waals surface area contributed by atoms with Crippen LogP contribution in [0.25, 0.3) is 0 Å². The molecular formula is C23H30F2N4O3. The lowest BCUT2D eigenvalue weighted by Gasteiger charge is -2.15. The first-order valence-corrected chi connectivity index (χ1v) is 10.4. The first-order chi connectivity index (χ1) is 15.3. The third kappa shape index (κ3) is 8.05. The van der Waals surface area contributed by atoms with E-state index in [0.717, 1.165) is 11.3 Å². The number of ether oxygens (including phenoxy) is 2. The second-order valence-electron chi connectivity index (χ2n) is 7.24. The molecule has 0 heterocycles. The summed E-state index contributed by atoms with van der Waals surface area (Å²) in [6.07, 6.45) is 0. The van der Waals surface area contributed by atoms with Crippen LogP contribution in [0.4, 0.5) is 14.5 Å². The van der Waals surface area contributed by atoms with Crippen molar-refractivity contribution in [3.63, 3.8) is 0 Å². The lowest BCUT2D eigenvalue weighted by Crippen LogP contribution is -2.36. The number of methoxy groups -OCH3 is 1.